The van der Waals surface area contributed by atoms with Gasteiger partial charge in [-0.15, -0.1) is 10.2 Å². The van der Waals surface area contributed by atoms with Crippen molar-refractivity contribution in [2.75, 3.05) is 0 Å². The Kier molecular flexibility index (Phi) is 1.81. The van der Waals surface area contributed by atoms with Gasteiger partial charge in [0.05, 0.1) is 18.2 Å². The summed E-state index contributed by atoms with van der Waals surface area (Å²) in [6.45, 7) is -0.0477. The molecule has 2 fully saturated rings. The normalized spacial score (nSPS) is 35.4. The van der Waals surface area contributed by atoms with Gasteiger partial charge in [0.2, 0.25) is 0 Å². The Hall–Kier alpha value is -0.940. The Morgan fingerprint density at radius 3 is 3.14 bits per heavy atom. The second kappa shape index (κ2) is 3.03. The SMILES string of the molecule is OCc1nncn1C1CC2CCC1O2. The molecule has 3 atom stereocenters. The van der Waals surface area contributed by atoms with Gasteiger partial charge in [0.1, 0.15) is 12.9 Å². The molecule has 14 heavy (non-hydrogen) atoms. The van der Waals surface area contributed by atoms with E-state index >= 15 is 0 Å². The van der Waals surface area contributed by atoms with Crippen LogP contribution in [0.1, 0.15) is 31.1 Å². The number of nitrogens with zero attached hydrogens (tertiary/aromatic N) is 3. The fourth-order valence-electron chi connectivity index (χ4n) is 2.56. The maximum Gasteiger partial charge on any atom is 0.158 e. The molecule has 2 aliphatic heterocycles. The number of ether oxygens (including phenoxy) is 1. The van der Waals surface area contributed by atoms with Crippen molar-refractivity contribution in [3.8, 4) is 0 Å². The zero-order chi connectivity index (χ0) is 9.54. The highest BCUT2D eigenvalue weighted by atomic mass is 16.5. The first-order chi connectivity index (χ1) is 6.88. The standard InChI is InChI=1S/C9H13N3O2/c13-4-9-11-10-5-12(9)7-3-6-1-2-8(7)14-6/h5-8,13H,1-4H2. The molecule has 76 valence electrons. The van der Waals surface area contributed by atoms with E-state index in [-0.39, 0.29) is 6.61 Å². The molecule has 0 amide bonds. The van der Waals surface area contributed by atoms with Crippen molar-refractivity contribution >= 4 is 0 Å². The summed E-state index contributed by atoms with van der Waals surface area (Å²) in [5.74, 6) is 0.645. The molecule has 0 aromatic carbocycles. The lowest BCUT2D eigenvalue weighted by molar-refractivity contribution is 0.0928. The van der Waals surface area contributed by atoms with E-state index in [0.717, 1.165) is 12.8 Å². The molecule has 3 unspecified atom stereocenters. The highest BCUT2D eigenvalue weighted by molar-refractivity contribution is 4.98. The topological polar surface area (TPSA) is 60.2 Å². The molecule has 2 aliphatic rings. The van der Waals surface area contributed by atoms with Crippen LogP contribution in [0.5, 0.6) is 0 Å². The molecule has 1 aromatic rings. The highest BCUT2D eigenvalue weighted by Crippen LogP contribution is 2.41. The second-order valence-electron chi connectivity index (χ2n) is 3.99. The molecule has 0 spiro atoms. The van der Waals surface area contributed by atoms with E-state index in [9.17, 15) is 0 Å². The van der Waals surface area contributed by atoms with Crippen molar-refractivity contribution in [2.45, 2.75) is 44.1 Å². The van der Waals surface area contributed by atoms with Crippen molar-refractivity contribution in [1.29, 1.82) is 0 Å². The third-order valence-electron chi connectivity index (χ3n) is 3.22. The third kappa shape index (κ3) is 1.09. The van der Waals surface area contributed by atoms with Crippen LogP contribution in [0.25, 0.3) is 0 Å². The summed E-state index contributed by atoms with van der Waals surface area (Å²) >= 11 is 0. The summed E-state index contributed by atoms with van der Waals surface area (Å²) in [5, 5.41) is 16.8. The lowest BCUT2D eigenvalue weighted by atomic mass is 9.95. The highest BCUT2D eigenvalue weighted by Gasteiger charge is 2.42. The van der Waals surface area contributed by atoms with Crippen LogP contribution in [0.3, 0.4) is 0 Å². The largest absolute Gasteiger partial charge is 0.388 e. The number of hydrogen-bond acceptors (Lipinski definition) is 4. The third-order valence-corrected chi connectivity index (χ3v) is 3.22. The van der Waals surface area contributed by atoms with Crippen molar-refractivity contribution < 1.29 is 9.84 Å². The molecule has 5 nitrogen and oxygen atoms in total. The van der Waals surface area contributed by atoms with Gasteiger partial charge in [-0.2, -0.15) is 0 Å². The average Bonchev–Trinajstić information content (AvgIpc) is 2.92. The van der Waals surface area contributed by atoms with E-state index in [1.165, 1.54) is 6.42 Å². The predicted octanol–water partition coefficient (Wildman–Crippen LogP) is 0.263. The van der Waals surface area contributed by atoms with Crippen LogP contribution in [0.2, 0.25) is 0 Å². The minimum absolute atomic E-state index is 0.0477. The van der Waals surface area contributed by atoms with Crippen molar-refractivity contribution in [1.82, 2.24) is 14.8 Å². The van der Waals surface area contributed by atoms with Crippen LogP contribution >= 0.6 is 0 Å². The van der Waals surface area contributed by atoms with Crippen LogP contribution in [0.15, 0.2) is 6.33 Å². The summed E-state index contributed by atoms with van der Waals surface area (Å²) in [6, 6.07) is 0.339. The van der Waals surface area contributed by atoms with Crippen LogP contribution in [0.4, 0.5) is 0 Å². The van der Waals surface area contributed by atoms with Gasteiger partial charge in [-0.1, -0.05) is 0 Å². The molecule has 3 rings (SSSR count). The number of hydrogen-bond donors (Lipinski definition) is 1. The van der Waals surface area contributed by atoms with E-state index in [4.69, 9.17) is 9.84 Å². The van der Waals surface area contributed by atoms with E-state index in [2.05, 4.69) is 10.2 Å². The van der Waals surface area contributed by atoms with Gasteiger partial charge in [0.25, 0.3) is 0 Å². The van der Waals surface area contributed by atoms with Gasteiger partial charge in [-0.3, -0.25) is 0 Å². The van der Waals surface area contributed by atoms with Gasteiger partial charge in [-0.05, 0) is 19.3 Å². The summed E-state index contributed by atoms with van der Waals surface area (Å²) in [5.41, 5.74) is 0. The van der Waals surface area contributed by atoms with E-state index in [1.807, 2.05) is 4.57 Å². The first-order valence-corrected chi connectivity index (χ1v) is 5.03. The molecular formula is C9H13N3O2. The van der Waals surface area contributed by atoms with Crippen molar-refractivity contribution in [3.05, 3.63) is 12.2 Å². The van der Waals surface area contributed by atoms with E-state index < -0.39 is 0 Å². The minimum Gasteiger partial charge on any atom is -0.388 e. The number of aliphatic hydroxyl groups is 1. The maximum absolute atomic E-state index is 9.07. The first kappa shape index (κ1) is 8.38. The second-order valence-corrected chi connectivity index (χ2v) is 3.99. The molecular weight excluding hydrogens is 182 g/mol. The minimum atomic E-state index is -0.0477. The lowest BCUT2D eigenvalue weighted by Crippen LogP contribution is -2.22. The van der Waals surface area contributed by atoms with Crippen LogP contribution in [0, 0.1) is 0 Å². The molecule has 2 bridgehead atoms. The van der Waals surface area contributed by atoms with Gasteiger partial charge in [0.15, 0.2) is 5.82 Å². The summed E-state index contributed by atoms with van der Waals surface area (Å²) in [6.07, 6.45) is 5.76. The van der Waals surface area contributed by atoms with Crippen LogP contribution in [-0.4, -0.2) is 32.1 Å². The zero-order valence-corrected chi connectivity index (χ0v) is 7.83. The summed E-state index contributed by atoms with van der Waals surface area (Å²) in [4.78, 5) is 0. The van der Waals surface area contributed by atoms with Gasteiger partial charge in [0, 0.05) is 0 Å². The number of rotatable bonds is 2. The predicted molar refractivity (Wildman–Crippen MR) is 47.5 cm³/mol. The molecule has 5 heteroatoms. The quantitative estimate of drug-likeness (QED) is 0.735. The lowest BCUT2D eigenvalue weighted by Gasteiger charge is -2.20. The Morgan fingerprint density at radius 2 is 2.50 bits per heavy atom. The van der Waals surface area contributed by atoms with Crippen molar-refractivity contribution in [3.63, 3.8) is 0 Å². The fourth-order valence-corrected chi connectivity index (χ4v) is 2.56. The summed E-state index contributed by atoms with van der Waals surface area (Å²) < 4.78 is 7.71. The molecule has 1 N–H and O–H groups in total. The van der Waals surface area contributed by atoms with Gasteiger partial charge in [-0.25, -0.2) is 0 Å². The van der Waals surface area contributed by atoms with Crippen LogP contribution < -0.4 is 0 Å². The first-order valence-electron chi connectivity index (χ1n) is 5.03. The van der Waals surface area contributed by atoms with Gasteiger partial charge >= 0.3 is 0 Å². The molecule has 1 aromatic heterocycles. The maximum atomic E-state index is 9.07. The van der Waals surface area contributed by atoms with Gasteiger partial charge < -0.3 is 14.4 Å². The Morgan fingerprint density at radius 1 is 1.57 bits per heavy atom. The molecule has 0 radical (unpaired) electrons. The fraction of sp³-hybridized carbons (Fsp3) is 0.778. The van der Waals surface area contributed by atoms with E-state index in [0.29, 0.717) is 24.1 Å². The molecule has 3 heterocycles. The Labute approximate surface area is 81.7 Å². The Balaban J connectivity index is 1.89. The van der Waals surface area contributed by atoms with Crippen LogP contribution in [-0.2, 0) is 11.3 Å². The molecule has 2 saturated heterocycles. The molecule has 0 aliphatic carbocycles. The zero-order valence-electron chi connectivity index (χ0n) is 7.83. The Bertz CT molecular complexity index is 339. The average molecular weight is 195 g/mol. The summed E-state index contributed by atoms with van der Waals surface area (Å²) in [7, 11) is 0. The smallest absolute Gasteiger partial charge is 0.158 e. The number of aliphatic hydroxyl groups excluding tert-OH is 1. The van der Waals surface area contributed by atoms with Crippen molar-refractivity contribution in [2.24, 2.45) is 0 Å². The molecule has 0 saturated carbocycles. The number of aromatic nitrogens is 3. The monoisotopic (exact) mass is 195 g/mol. The number of fused-ring (bicyclic) bond motifs is 2. The van der Waals surface area contributed by atoms with E-state index in [1.54, 1.807) is 6.33 Å².